The molecule has 1 heterocycles. The van der Waals surface area contributed by atoms with Gasteiger partial charge < -0.3 is 50.7 Å². The number of carboxylic acid groups (broad SMARTS) is 4. The number of imide groups is 1. The number of nitrogens with one attached hydrogen (secondary N) is 3. The fraction of sp³-hybridized carbons (Fsp3) is 0.571. The quantitative estimate of drug-likeness (QED) is 0.0287. The highest BCUT2D eigenvalue weighted by atomic mass is 127. The number of carboxylic acids is 4. The Labute approximate surface area is 392 Å². The molecule has 0 radical (unpaired) electrons. The first kappa shape index (κ1) is 56.2. The van der Waals surface area contributed by atoms with Crippen molar-refractivity contribution in [1.82, 2.24) is 21.0 Å². The lowest BCUT2D eigenvalue weighted by Crippen LogP contribution is -2.47. The number of ketones is 2. The van der Waals surface area contributed by atoms with Crippen LogP contribution in [-0.2, 0) is 67.1 Å². The minimum absolute atomic E-state index is 0.00491. The fourth-order valence-electron chi connectivity index (χ4n) is 6.32. The average molecular weight is 1050 g/mol. The van der Waals surface area contributed by atoms with Gasteiger partial charge in [-0.3, -0.25) is 52.7 Å². The van der Waals surface area contributed by atoms with E-state index in [-0.39, 0.29) is 77.4 Å². The number of Topliss-reactive ketones (excluding diaryl/α,β-unsaturated/α-hetero) is 2. The van der Waals surface area contributed by atoms with Crippen LogP contribution in [0.1, 0.15) is 107 Å². The van der Waals surface area contributed by atoms with Crippen molar-refractivity contribution in [2.45, 2.75) is 108 Å². The number of carbonyl (C=O) groups excluding carboxylic acids is 8. The summed E-state index contributed by atoms with van der Waals surface area (Å²) in [5.74, 6) is -14.0. The van der Waals surface area contributed by atoms with E-state index < -0.39 is 140 Å². The monoisotopic (exact) mass is 1050 g/mol. The summed E-state index contributed by atoms with van der Waals surface area (Å²) in [6, 6.07) is 3.87. The zero-order valence-corrected chi connectivity index (χ0v) is 38.2. The van der Waals surface area contributed by atoms with Crippen LogP contribution >= 0.6 is 22.6 Å². The van der Waals surface area contributed by atoms with E-state index in [0.717, 1.165) is 3.57 Å². The summed E-state index contributed by atoms with van der Waals surface area (Å²) in [5, 5.41) is 45.8. The predicted molar refractivity (Wildman–Crippen MR) is 232 cm³/mol. The van der Waals surface area contributed by atoms with Crippen LogP contribution in [0.15, 0.2) is 24.3 Å². The van der Waals surface area contributed by atoms with Crippen LogP contribution in [0.2, 0.25) is 0 Å². The summed E-state index contributed by atoms with van der Waals surface area (Å²) in [6.07, 6.45) is -4.61. The minimum Gasteiger partial charge on any atom is -0.481 e. The van der Waals surface area contributed by atoms with Crippen molar-refractivity contribution in [1.29, 1.82) is 0 Å². The molecule has 1 saturated heterocycles. The number of carbonyl (C=O) groups is 12. The van der Waals surface area contributed by atoms with Gasteiger partial charge in [-0.25, -0.2) is 4.79 Å². The van der Waals surface area contributed by atoms with Gasteiger partial charge in [-0.15, -0.1) is 5.06 Å². The molecule has 0 aromatic heterocycles. The van der Waals surface area contributed by atoms with Crippen molar-refractivity contribution < 1.29 is 92.3 Å². The molecule has 0 unspecified atom stereocenters. The number of nitrogens with zero attached hydrogens (tertiary/aromatic N) is 1. The Hall–Kier alpha value is -5.89. The van der Waals surface area contributed by atoms with E-state index in [0.29, 0.717) is 17.0 Å². The fourth-order valence-corrected chi connectivity index (χ4v) is 6.87. The van der Waals surface area contributed by atoms with Gasteiger partial charge in [0.2, 0.25) is 11.8 Å². The van der Waals surface area contributed by atoms with Crippen molar-refractivity contribution in [3.63, 3.8) is 0 Å². The first-order valence-corrected chi connectivity index (χ1v) is 22.1. The molecule has 1 aliphatic heterocycles. The zero-order chi connectivity index (χ0) is 49.2. The average Bonchev–Trinajstić information content (AvgIpc) is 3.56. The molecule has 7 N–H and O–H groups in total. The summed E-state index contributed by atoms with van der Waals surface area (Å²) >= 11 is 2.07. The van der Waals surface area contributed by atoms with Gasteiger partial charge in [0, 0.05) is 73.0 Å². The van der Waals surface area contributed by atoms with Gasteiger partial charge in [0.1, 0.15) is 0 Å². The molecule has 0 aliphatic carbocycles. The molecular formula is C42H55IN4O19. The molecule has 2 rings (SSSR count). The Morgan fingerprint density at radius 3 is 1.76 bits per heavy atom. The van der Waals surface area contributed by atoms with Gasteiger partial charge in [0.05, 0.1) is 50.8 Å². The van der Waals surface area contributed by atoms with Gasteiger partial charge in [0.25, 0.3) is 17.7 Å². The molecule has 66 heavy (non-hydrogen) atoms. The van der Waals surface area contributed by atoms with Crippen LogP contribution in [0.25, 0.3) is 0 Å². The molecule has 4 atom stereocenters. The van der Waals surface area contributed by atoms with Crippen LogP contribution in [-0.4, -0.2) is 141 Å². The van der Waals surface area contributed by atoms with Crippen LogP contribution in [0.3, 0.4) is 0 Å². The molecule has 5 amide bonds. The standard InChI is InChI=1S/C42H55IN4O19/c43-28-6-3-5-25(22-28)40(60)44-17-2-1-4-27(42(62)63)24-32(49)30(9-14-38(57)58)46-41(61)26(7-12-36(53)54)23-31(48)29(8-13-37(55)56)45-33(50)15-18-64-20-21-65-19-16-39(59)66-47-34(51)10-11-35(47)52/h3,5-6,22,26-27,29-30H,1-2,4,7-21,23-24H2,(H,44,60)(H,45,50)(H,46,61)(H,53,54)(H,55,56)(H,57,58)(H,62,63)/t26-,27-,29+,30+/m0/s1. The number of hydroxylamine groups is 2. The Morgan fingerprint density at radius 2 is 1.20 bits per heavy atom. The number of ether oxygens (including phenoxy) is 2. The van der Waals surface area contributed by atoms with E-state index in [1.165, 1.54) is 0 Å². The predicted octanol–water partition coefficient (Wildman–Crippen LogP) is 1.41. The van der Waals surface area contributed by atoms with Crippen molar-refractivity contribution in [2.75, 3.05) is 33.0 Å². The molecule has 1 aromatic rings. The van der Waals surface area contributed by atoms with E-state index >= 15 is 0 Å². The largest absolute Gasteiger partial charge is 0.481 e. The van der Waals surface area contributed by atoms with E-state index in [4.69, 9.17) is 14.3 Å². The molecular weight excluding hydrogens is 991 g/mol. The van der Waals surface area contributed by atoms with Crippen LogP contribution < -0.4 is 16.0 Å². The number of hydrogen-bond donors (Lipinski definition) is 7. The highest BCUT2D eigenvalue weighted by molar-refractivity contribution is 14.1. The van der Waals surface area contributed by atoms with Crippen molar-refractivity contribution in [3.8, 4) is 0 Å². The number of unbranched alkanes of at least 4 members (excludes halogenated alkanes) is 1. The number of benzene rings is 1. The molecule has 1 fully saturated rings. The lowest BCUT2D eigenvalue weighted by Gasteiger charge is -2.24. The van der Waals surface area contributed by atoms with Gasteiger partial charge in [0.15, 0.2) is 11.6 Å². The Bertz CT molecular complexity index is 1910. The van der Waals surface area contributed by atoms with E-state index in [1.807, 2.05) is 6.07 Å². The second kappa shape index (κ2) is 30.3. The maximum atomic E-state index is 13.6. The third kappa shape index (κ3) is 22.8. The molecule has 1 aromatic carbocycles. The molecule has 0 bridgehead atoms. The topological polar surface area (TPSA) is 353 Å². The maximum Gasteiger partial charge on any atom is 0.335 e. The summed E-state index contributed by atoms with van der Waals surface area (Å²) in [7, 11) is 0. The summed E-state index contributed by atoms with van der Waals surface area (Å²) < 4.78 is 11.4. The Kier molecular flexibility index (Phi) is 25.9. The van der Waals surface area contributed by atoms with Gasteiger partial charge in [-0.05, 0) is 72.9 Å². The third-order valence-corrected chi connectivity index (χ3v) is 10.6. The third-order valence-electron chi connectivity index (χ3n) is 9.89. The van der Waals surface area contributed by atoms with E-state index in [9.17, 15) is 78.0 Å². The lowest BCUT2D eigenvalue weighted by molar-refractivity contribution is -0.198. The molecule has 23 nitrogen and oxygen atoms in total. The second-order valence-electron chi connectivity index (χ2n) is 15.1. The molecule has 24 heteroatoms. The van der Waals surface area contributed by atoms with Gasteiger partial charge in [-0.1, -0.05) is 12.5 Å². The Balaban J connectivity index is 1.98. The number of hydrogen-bond acceptors (Lipinski definition) is 15. The summed E-state index contributed by atoms with van der Waals surface area (Å²) in [5.41, 5.74) is 0.445. The summed E-state index contributed by atoms with van der Waals surface area (Å²) in [6.45, 7) is -0.193. The van der Waals surface area contributed by atoms with Gasteiger partial charge in [-0.2, -0.15) is 0 Å². The number of halogens is 1. The Morgan fingerprint density at radius 1 is 0.652 bits per heavy atom. The lowest BCUT2D eigenvalue weighted by atomic mass is 9.89. The van der Waals surface area contributed by atoms with Crippen molar-refractivity contribution in [3.05, 3.63) is 33.4 Å². The maximum absolute atomic E-state index is 13.6. The number of aliphatic carboxylic acids is 4. The van der Waals surface area contributed by atoms with Crippen LogP contribution in [0, 0.1) is 15.4 Å². The SMILES string of the molecule is O=C(O)CC[C@@H](CC(=O)[C@@H](CCC(=O)O)NC(=O)CCOCCOCCC(=O)ON1C(=O)CCC1=O)C(=O)N[C@H](CCC(=O)O)C(=O)C[C@H](CCCCNC(=O)c1cccc(I)c1)C(=O)O. The molecule has 0 saturated carbocycles. The van der Waals surface area contributed by atoms with Crippen molar-refractivity contribution >= 4 is 93.5 Å². The second-order valence-corrected chi connectivity index (χ2v) is 16.3. The summed E-state index contributed by atoms with van der Waals surface area (Å²) in [4.78, 5) is 152. The first-order chi connectivity index (χ1) is 31.3. The van der Waals surface area contributed by atoms with Crippen molar-refractivity contribution in [2.24, 2.45) is 11.8 Å². The molecule has 0 spiro atoms. The number of amides is 5. The van der Waals surface area contributed by atoms with Crippen LogP contribution in [0.4, 0.5) is 0 Å². The smallest absolute Gasteiger partial charge is 0.335 e. The highest BCUT2D eigenvalue weighted by Gasteiger charge is 2.34. The molecule has 364 valence electrons. The highest BCUT2D eigenvalue weighted by Crippen LogP contribution is 2.20. The minimum atomic E-state index is -1.55. The zero-order valence-electron chi connectivity index (χ0n) is 36.0. The van der Waals surface area contributed by atoms with Gasteiger partial charge >= 0.3 is 29.8 Å². The van der Waals surface area contributed by atoms with Crippen LogP contribution in [0.5, 0.6) is 0 Å². The first-order valence-electron chi connectivity index (χ1n) is 21.1. The number of rotatable bonds is 35. The normalized spacial score (nSPS) is 14.0. The molecule has 1 aliphatic rings. The van der Waals surface area contributed by atoms with E-state index in [1.54, 1.807) is 18.2 Å². The van der Waals surface area contributed by atoms with E-state index in [2.05, 4.69) is 38.5 Å².